The smallest absolute Gasteiger partial charge is 0.295 e. The van der Waals surface area contributed by atoms with Crippen molar-refractivity contribution in [2.45, 2.75) is 0 Å². The number of non-ortho nitro benzene ring substituents is 1. The Morgan fingerprint density at radius 1 is 1.08 bits per heavy atom. The van der Waals surface area contributed by atoms with Crippen LogP contribution in [0.2, 0.25) is 0 Å². The Bertz CT molecular complexity index is 989. The fourth-order valence-electron chi connectivity index (χ4n) is 2.58. The van der Waals surface area contributed by atoms with Gasteiger partial charge in [-0.15, -0.1) is 0 Å². The molecule has 3 rings (SSSR count). The molecule has 0 aliphatic carbocycles. The number of hydrogen-bond acceptors (Lipinski definition) is 6. The molecule has 0 radical (unpaired) electrons. The lowest BCUT2D eigenvalue weighted by Gasteiger charge is -2.09. The van der Waals surface area contributed by atoms with Crippen molar-refractivity contribution in [3.63, 3.8) is 0 Å². The lowest BCUT2D eigenvalue weighted by atomic mass is 10.1. The first kappa shape index (κ1) is 17.2. The third-order valence-corrected chi connectivity index (χ3v) is 3.87. The summed E-state index contributed by atoms with van der Waals surface area (Å²) in [5.74, 6) is 0.490. The minimum atomic E-state index is -0.446. The summed E-state index contributed by atoms with van der Waals surface area (Å²) in [5.41, 5.74) is 1.59. The molecule has 0 fully saturated rings. The molecule has 0 bridgehead atoms. The fraction of sp³-hybridized carbons (Fsp3) is 0.105. The molecule has 0 atom stereocenters. The zero-order valence-corrected chi connectivity index (χ0v) is 14.2. The Morgan fingerprint density at radius 2 is 1.77 bits per heavy atom. The van der Waals surface area contributed by atoms with E-state index in [0.717, 1.165) is 5.56 Å². The Kier molecular flexibility index (Phi) is 4.70. The van der Waals surface area contributed by atoms with Gasteiger partial charge in [-0.25, -0.2) is 4.98 Å². The van der Waals surface area contributed by atoms with Crippen molar-refractivity contribution in [3.8, 4) is 17.2 Å². The van der Waals surface area contributed by atoms with E-state index in [1.54, 1.807) is 48.6 Å². The molecule has 1 N–H and O–H groups in total. The van der Waals surface area contributed by atoms with Gasteiger partial charge in [0.2, 0.25) is 5.75 Å². The largest absolute Gasteiger partial charge is 0.502 e. The van der Waals surface area contributed by atoms with Crippen molar-refractivity contribution in [1.29, 1.82) is 0 Å². The molecule has 26 heavy (non-hydrogen) atoms. The molecule has 0 aliphatic rings. The highest BCUT2D eigenvalue weighted by molar-refractivity contribution is 5.88. The Hall–Kier alpha value is -3.61. The molecule has 2 aromatic carbocycles. The first-order valence-corrected chi connectivity index (χ1v) is 7.70. The second kappa shape index (κ2) is 7.10. The van der Waals surface area contributed by atoms with E-state index in [0.29, 0.717) is 16.6 Å². The van der Waals surface area contributed by atoms with Crippen molar-refractivity contribution < 1.29 is 19.5 Å². The number of aromatic nitrogens is 1. The standard InChI is InChI=1S/C19H16N2O5/c1-25-16-10-12(11-17(26-2)19(16)22)6-8-14-9-7-13-4-3-5-15(21(23)24)18(13)20-14/h3-11,22H,1-2H3. The van der Waals surface area contributed by atoms with Crippen LogP contribution in [0.1, 0.15) is 11.3 Å². The summed E-state index contributed by atoms with van der Waals surface area (Å²) in [4.78, 5) is 15.1. The van der Waals surface area contributed by atoms with Gasteiger partial charge in [0, 0.05) is 11.5 Å². The van der Waals surface area contributed by atoms with Gasteiger partial charge in [0.05, 0.1) is 24.8 Å². The number of rotatable bonds is 5. The van der Waals surface area contributed by atoms with Crippen LogP contribution in [0.4, 0.5) is 5.69 Å². The van der Waals surface area contributed by atoms with Gasteiger partial charge in [0.1, 0.15) is 5.52 Å². The molecule has 132 valence electrons. The molecule has 3 aromatic rings. The second-order valence-electron chi connectivity index (χ2n) is 5.45. The summed E-state index contributed by atoms with van der Waals surface area (Å²) in [6.45, 7) is 0. The van der Waals surface area contributed by atoms with Crippen LogP contribution in [0.5, 0.6) is 17.2 Å². The summed E-state index contributed by atoms with van der Waals surface area (Å²) >= 11 is 0. The van der Waals surface area contributed by atoms with Crippen LogP contribution in [-0.4, -0.2) is 29.2 Å². The monoisotopic (exact) mass is 352 g/mol. The van der Waals surface area contributed by atoms with E-state index in [-0.39, 0.29) is 22.9 Å². The number of pyridine rings is 1. The first-order valence-electron chi connectivity index (χ1n) is 7.70. The maximum atomic E-state index is 11.2. The number of methoxy groups -OCH3 is 2. The number of phenols is 1. The second-order valence-corrected chi connectivity index (χ2v) is 5.45. The highest BCUT2D eigenvalue weighted by atomic mass is 16.6. The van der Waals surface area contributed by atoms with E-state index in [9.17, 15) is 15.2 Å². The van der Waals surface area contributed by atoms with Gasteiger partial charge in [0.25, 0.3) is 5.69 Å². The van der Waals surface area contributed by atoms with Crippen LogP contribution in [0.25, 0.3) is 23.1 Å². The number of hydrogen-bond donors (Lipinski definition) is 1. The molecule has 7 heteroatoms. The van der Waals surface area contributed by atoms with Gasteiger partial charge in [-0.1, -0.05) is 24.3 Å². The predicted octanol–water partition coefficient (Wildman–Crippen LogP) is 4.04. The predicted molar refractivity (Wildman–Crippen MR) is 98.5 cm³/mol. The minimum absolute atomic E-state index is 0.0364. The normalized spacial score (nSPS) is 11.0. The van der Waals surface area contributed by atoms with Crippen LogP contribution in [-0.2, 0) is 0 Å². The van der Waals surface area contributed by atoms with Crippen molar-refractivity contribution in [2.75, 3.05) is 14.2 Å². The van der Waals surface area contributed by atoms with Gasteiger partial charge in [-0.3, -0.25) is 10.1 Å². The molecule has 0 saturated carbocycles. The topological polar surface area (TPSA) is 94.7 Å². The molecule has 0 unspecified atom stereocenters. The van der Waals surface area contributed by atoms with Gasteiger partial charge < -0.3 is 14.6 Å². The van der Waals surface area contributed by atoms with E-state index in [1.165, 1.54) is 20.3 Å². The zero-order chi connectivity index (χ0) is 18.7. The highest BCUT2D eigenvalue weighted by Crippen LogP contribution is 2.37. The molecule has 1 heterocycles. The number of ether oxygens (including phenoxy) is 2. The molecule has 7 nitrogen and oxygen atoms in total. The Labute approximate surface area is 149 Å². The Balaban J connectivity index is 2.01. The molecular formula is C19H16N2O5. The van der Waals surface area contributed by atoms with Gasteiger partial charge in [-0.05, 0) is 29.8 Å². The summed E-state index contributed by atoms with van der Waals surface area (Å²) in [5, 5.41) is 21.8. The lowest BCUT2D eigenvalue weighted by Crippen LogP contribution is -1.92. The van der Waals surface area contributed by atoms with Crippen molar-refractivity contribution in [2.24, 2.45) is 0 Å². The lowest BCUT2D eigenvalue weighted by molar-refractivity contribution is -0.383. The van der Waals surface area contributed by atoms with Crippen molar-refractivity contribution >= 4 is 28.7 Å². The third-order valence-electron chi connectivity index (χ3n) is 3.87. The average molecular weight is 352 g/mol. The number of nitro benzene ring substituents is 1. The summed E-state index contributed by atoms with van der Waals surface area (Å²) in [6.07, 6.45) is 3.48. The summed E-state index contributed by atoms with van der Waals surface area (Å²) < 4.78 is 10.3. The first-order chi connectivity index (χ1) is 12.5. The van der Waals surface area contributed by atoms with Gasteiger partial charge >= 0.3 is 0 Å². The van der Waals surface area contributed by atoms with Crippen LogP contribution in [0, 0.1) is 10.1 Å². The van der Waals surface area contributed by atoms with Gasteiger partial charge in [0.15, 0.2) is 11.5 Å². The van der Waals surface area contributed by atoms with E-state index < -0.39 is 4.92 Å². The number of phenolic OH excluding ortho intramolecular Hbond substituents is 1. The minimum Gasteiger partial charge on any atom is -0.502 e. The molecule has 0 amide bonds. The van der Waals surface area contributed by atoms with E-state index in [1.807, 2.05) is 0 Å². The molecule has 1 aromatic heterocycles. The highest BCUT2D eigenvalue weighted by Gasteiger charge is 2.13. The summed E-state index contributed by atoms with van der Waals surface area (Å²) in [6, 6.07) is 11.7. The quantitative estimate of drug-likeness (QED) is 0.550. The van der Waals surface area contributed by atoms with Crippen LogP contribution >= 0.6 is 0 Å². The van der Waals surface area contributed by atoms with Crippen molar-refractivity contribution in [1.82, 2.24) is 4.98 Å². The van der Waals surface area contributed by atoms with Crippen LogP contribution in [0.3, 0.4) is 0 Å². The molecular weight excluding hydrogens is 336 g/mol. The van der Waals surface area contributed by atoms with E-state index in [2.05, 4.69) is 4.98 Å². The fourth-order valence-corrected chi connectivity index (χ4v) is 2.58. The number of benzene rings is 2. The number of nitrogens with zero attached hydrogens (tertiary/aromatic N) is 2. The zero-order valence-electron chi connectivity index (χ0n) is 14.2. The van der Waals surface area contributed by atoms with Crippen molar-refractivity contribution in [3.05, 3.63) is 63.8 Å². The van der Waals surface area contributed by atoms with E-state index in [4.69, 9.17) is 9.47 Å². The number of aromatic hydroxyl groups is 1. The van der Waals surface area contributed by atoms with Gasteiger partial charge in [-0.2, -0.15) is 0 Å². The van der Waals surface area contributed by atoms with Crippen LogP contribution in [0.15, 0.2) is 42.5 Å². The Morgan fingerprint density at radius 3 is 2.38 bits per heavy atom. The number of nitro groups is 1. The molecule has 0 aliphatic heterocycles. The molecule has 0 spiro atoms. The SMILES string of the molecule is COc1cc(C=Cc2ccc3cccc([N+](=O)[O-])c3n2)cc(OC)c1O. The number of fused-ring (bicyclic) bond motifs is 1. The number of para-hydroxylation sites is 1. The average Bonchev–Trinajstić information content (AvgIpc) is 2.66. The summed E-state index contributed by atoms with van der Waals surface area (Å²) in [7, 11) is 2.90. The van der Waals surface area contributed by atoms with E-state index >= 15 is 0 Å². The molecule has 0 saturated heterocycles. The van der Waals surface area contributed by atoms with Crippen LogP contribution < -0.4 is 9.47 Å². The third kappa shape index (κ3) is 3.27. The maximum absolute atomic E-state index is 11.2. The maximum Gasteiger partial charge on any atom is 0.295 e.